The predicted molar refractivity (Wildman–Crippen MR) is 80.8 cm³/mol. The molecule has 0 spiro atoms. The summed E-state index contributed by atoms with van der Waals surface area (Å²) in [6, 6.07) is 8.40. The smallest absolute Gasteiger partial charge is 0.323 e. The van der Waals surface area contributed by atoms with Crippen molar-refractivity contribution in [2.45, 2.75) is 13.3 Å². The van der Waals surface area contributed by atoms with Gasteiger partial charge in [-0.25, -0.2) is 0 Å². The zero-order chi connectivity index (χ0) is 16.1. The van der Waals surface area contributed by atoms with Crippen molar-refractivity contribution in [3.63, 3.8) is 0 Å². The standard InChI is InChI=1S/C15H15ClN2O4/c1-2-7-18(9-14(19)20)15(21)12-8-13(22-17-12)10-3-5-11(16)6-4-10/h3-6,8H,2,7,9H2,1H3,(H,19,20). The van der Waals surface area contributed by atoms with Crippen LogP contribution in [0.5, 0.6) is 0 Å². The lowest BCUT2D eigenvalue weighted by Crippen LogP contribution is -2.36. The Morgan fingerprint density at radius 1 is 1.32 bits per heavy atom. The summed E-state index contributed by atoms with van der Waals surface area (Å²) in [5, 5.41) is 13.2. The van der Waals surface area contributed by atoms with Gasteiger partial charge < -0.3 is 14.5 Å². The zero-order valence-electron chi connectivity index (χ0n) is 12.0. The Bertz CT molecular complexity index is 666. The van der Waals surface area contributed by atoms with E-state index in [2.05, 4.69) is 5.16 Å². The lowest BCUT2D eigenvalue weighted by atomic mass is 10.1. The van der Waals surface area contributed by atoms with Crippen LogP contribution in [0.1, 0.15) is 23.8 Å². The number of carboxylic acids is 1. The Balaban J connectivity index is 2.20. The molecule has 0 aliphatic carbocycles. The Kier molecular flexibility index (Phi) is 5.16. The minimum atomic E-state index is -1.07. The number of aliphatic carboxylic acids is 1. The fourth-order valence-electron chi connectivity index (χ4n) is 1.97. The second-order valence-corrected chi connectivity index (χ2v) is 5.14. The summed E-state index contributed by atoms with van der Waals surface area (Å²) in [5.41, 5.74) is 0.816. The average Bonchev–Trinajstić information content (AvgIpc) is 2.96. The molecule has 22 heavy (non-hydrogen) atoms. The lowest BCUT2D eigenvalue weighted by Gasteiger charge is -2.18. The summed E-state index contributed by atoms with van der Waals surface area (Å²) >= 11 is 5.82. The van der Waals surface area contributed by atoms with Crippen molar-refractivity contribution in [2.24, 2.45) is 0 Å². The highest BCUT2D eigenvalue weighted by Gasteiger charge is 2.21. The number of carbonyl (C=O) groups is 2. The summed E-state index contributed by atoms with van der Waals surface area (Å²) in [6.07, 6.45) is 0.654. The first kappa shape index (κ1) is 16.0. The first-order valence-corrected chi connectivity index (χ1v) is 7.12. The fourth-order valence-corrected chi connectivity index (χ4v) is 2.10. The molecular weight excluding hydrogens is 308 g/mol. The normalized spacial score (nSPS) is 10.5. The summed E-state index contributed by atoms with van der Waals surface area (Å²) in [7, 11) is 0. The molecule has 1 N–H and O–H groups in total. The monoisotopic (exact) mass is 322 g/mol. The Morgan fingerprint density at radius 2 is 2.00 bits per heavy atom. The zero-order valence-corrected chi connectivity index (χ0v) is 12.7. The largest absolute Gasteiger partial charge is 0.480 e. The van der Waals surface area contributed by atoms with Crippen molar-refractivity contribution in [3.05, 3.63) is 41.0 Å². The number of nitrogens with zero attached hydrogens (tertiary/aromatic N) is 2. The molecule has 116 valence electrons. The quantitative estimate of drug-likeness (QED) is 0.884. The molecule has 2 aromatic rings. The molecule has 0 radical (unpaired) electrons. The number of carboxylic acid groups (broad SMARTS) is 1. The molecule has 6 nitrogen and oxygen atoms in total. The summed E-state index contributed by atoms with van der Waals surface area (Å²) < 4.78 is 5.16. The van der Waals surface area contributed by atoms with Gasteiger partial charge in [0.15, 0.2) is 11.5 Å². The first-order valence-electron chi connectivity index (χ1n) is 6.75. The van der Waals surface area contributed by atoms with Gasteiger partial charge in [-0.15, -0.1) is 0 Å². The fraction of sp³-hybridized carbons (Fsp3) is 0.267. The number of amides is 1. The van der Waals surface area contributed by atoms with Gasteiger partial charge in [-0.05, 0) is 30.7 Å². The van der Waals surface area contributed by atoms with E-state index in [-0.39, 0.29) is 12.2 Å². The van der Waals surface area contributed by atoms with E-state index in [1.165, 1.54) is 11.0 Å². The van der Waals surface area contributed by atoms with Crippen molar-refractivity contribution in [2.75, 3.05) is 13.1 Å². The average molecular weight is 323 g/mol. The number of carbonyl (C=O) groups excluding carboxylic acids is 1. The third kappa shape index (κ3) is 3.85. The maximum absolute atomic E-state index is 12.3. The van der Waals surface area contributed by atoms with Crippen molar-refractivity contribution >= 4 is 23.5 Å². The third-order valence-corrected chi connectivity index (χ3v) is 3.22. The Hall–Kier alpha value is -2.34. The van der Waals surface area contributed by atoms with E-state index in [4.69, 9.17) is 21.2 Å². The molecule has 0 aliphatic heterocycles. The maximum Gasteiger partial charge on any atom is 0.323 e. The van der Waals surface area contributed by atoms with Crippen molar-refractivity contribution < 1.29 is 19.2 Å². The van der Waals surface area contributed by atoms with E-state index < -0.39 is 11.9 Å². The first-order chi connectivity index (χ1) is 10.5. The molecule has 7 heteroatoms. The third-order valence-electron chi connectivity index (χ3n) is 2.96. The van der Waals surface area contributed by atoms with Crippen LogP contribution in [-0.2, 0) is 4.79 Å². The van der Waals surface area contributed by atoms with Crippen LogP contribution < -0.4 is 0 Å². The molecular formula is C15H15ClN2O4. The highest BCUT2D eigenvalue weighted by Crippen LogP contribution is 2.22. The number of halogens is 1. The van der Waals surface area contributed by atoms with Gasteiger partial charge in [0.25, 0.3) is 5.91 Å². The lowest BCUT2D eigenvalue weighted by molar-refractivity contribution is -0.137. The Labute approximate surface area is 132 Å². The highest BCUT2D eigenvalue weighted by atomic mass is 35.5. The topological polar surface area (TPSA) is 83.6 Å². The van der Waals surface area contributed by atoms with Crippen molar-refractivity contribution in [1.82, 2.24) is 10.1 Å². The van der Waals surface area contributed by atoms with Crippen molar-refractivity contribution in [1.29, 1.82) is 0 Å². The van der Waals surface area contributed by atoms with Gasteiger partial charge in [-0.3, -0.25) is 9.59 Å². The number of benzene rings is 1. The van der Waals surface area contributed by atoms with Crippen molar-refractivity contribution in [3.8, 4) is 11.3 Å². The van der Waals surface area contributed by atoms with E-state index in [0.29, 0.717) is 23.7 Å². The van der Waals surface area contributed by atoms with Crippen LogP contribution in [0.15, 0.2) is 34.9 Å². The minimum absolute atomic E-state index is 0.0830. The van der Waals surface area contributed by atoms with E-state index >= 15 is 0 Å². The summed E-state index contributed by atoms with van der Waals surface area (Å²) in [4.78, 5) is 24.3. The van der Waals surface area contributed by atoms with E-state index in [9.17, 15) is 9.59 Å². The van der Waals surface area contributed by atoms with Gasteiger partial charge in [-0.1, -0.05) is 23.7 Å². The predicted octanol–water partition coefficient (Wildman–Crippen LogP) is 2.93. The van der Waals surface area contributed by atoms with E-state index in [0.717, 1.165) is 5.56 Å². The van der Waals surface area contributed by atoms with Crippen LogP contribution in [0.3, 0.4) is 0 Å². The number of rotatable bonds is 6. The summed E-state index contributed by atoms with van der Waals surface area (Å²) in [6.45, 7) is 1.84. The van der Waals surface area contributed by atoms with Gasteiger partial charge in [0, 0.05) is 23.2 Å². The summed E-state index contributed by atoms with van der Waals surface area (Å²) in [5.74, 6) is -1.11. The molecule has 0 saturated carbocycles. The molecule has 0 aliphatic rings. The number of hydrogen-bond acceptors (Lipinski definition) is 4. The SMILES string of the molecule is CCCN(CC(=O)O)C(=O)c1cc(-c2ccc(Cl)cc2)on1. The Morgan fingerprint density at radius 3 is 2.59 bits per heavy atom. The highest BCUT2D eigenvalue weighted by molar-refractivity contribution is 6.30. The van der Waals surface area contributed by atoms with Gasteiger partial charge in [0.1, 0.15) is 6.54 Å². The molecule has 1 heterocycles. The van der Waals surface area contributed by atoms with Gasteiger partial charge >= 0.3 is 5.97 Å². The molecule has 1 aromatic heterocycles. The molecule has 0 bridgehead atoms. The van der Waals surface area contributed by atoms with E-state index in [1.54, 1.807) is 24.3 Å². The van der Waals surface area contributed by atoms with Crippen LogP contribution in [0, 0.1) is 0 Å². The van der Waals surface area contributed by atoms with Gasteiger partial charge in [0.05, 0.1) is 0 Å². The van der Waals surface area contributed by atoms with Gasteiger partial charge in [-0.2, -0.15) is 0 Å². The number of aromatic nitrogens is 1. The van der Waals surface area contributed by atoms with Crippen LogP contribution in [0.25, 0.3) is 11.3 Å². The molecule has 1 amide bonds. The van der Waals surface area contributed by atoms with Crippen LogP contribution in [0.2, 0.25) is 5.02 Å². The van der Waals surface area contributed by atoms with Gasteiger partial charge in [0.2, 0.25) is 0 Å². The molecule has 0 fully saturated rings. The molecule has 0 unspecified atom stereocenters. The maximum atomic E-state index is 12.3. The molecule has 1 aromatic carbocycles. The molecule has 0 saturated heterocycles. The second-order valence-electron chi connectivity index (χ2n) is 4.70. The molecule has 0 atom stereocenters. The van der Waals surface area contributed by atoms with Crippen LogP contribution in [0.4, 0.5) is 0 Å². The minimum Gasteiger partial charge on any atom is -0.480 e. The van der Waals surface area contributed by atoms with E-state index in [1.807, 2.05) is 6.92 Å². The second kappa shape index (κ2) is 7.09. The number of hydrogen-bond donors (Lipinski definition) is 1. The van der Waals surface area contributed by atoms with Crippen LogP contribution >= 0.6 is 11.6 Å². The van der Waals surface area contributed by atoms with Crippen LogP contribution in [-0.4, -0.2) is 40.1 Å². The molecule has 2 rings (SSSR count).